The van der Waals surface area contributed by atoms with E-state index in [-0.39, 0.29) is 37.6 Å². The number of aliphatic carboxylic acids is 1. The number of nitrogens with one attached hydrogen (secondary N) is 1. The zero-order chi connectivity index (χ0) is 15.5. The third kappa shape index (κ3) is 5.01. The van der Waals surface area contributed by atoms with Crippen molar-refractivity contribution in [1.82, 2.24) is 9.03 Å². The van der Waals surface area contributed by atoms with Crippen molar-refractivity contribution in [2.75, 3.05) is 13.1 Å². The highest BCUT2D eigenvalue weighted by atomic mass is 32.2. The summed E-state index contributed by atoms with van der Waals surface area (Å²) in [5, 5.41) is 8.86. The molecule has 0 aromatic heterocycles. The van der Waals surface area contributed by atoms with Crippen LogP contribution in [0.4, 0.5) is 0 Å². The molecule has 3 atom stereocenters. The number of hydrogen-bond donors (Lipinski definition) is 2. The largest absolute Gasteiger partial charge is 0.481 e. The predicted molar refractivity (Wildman–Crippen MR) is 74.5 cm³/mol. The Morgan fingerprint density at radius 1 is 1.35 bits per heavy atom. The van der Waals surface area contributed by atoms with E-state index in [0.717, 1.165) is 0 Å². The summed E-state index contributed by atoms with van der Waals surface area (Å²) in [5.41, 5.74) is 0. The Morgan fingerprint density at radius 3 is 2.25 bits per heavy atom. The van der Waals surface area contributed by atoms with Gasteiger partial charge in [-0.3, -0.25) is 4.79 Å². The van der Waals surface area contributed by atoms with Crippen LogP contribution in [0.2, 0.25) is 0 Å². The smallest absolute Gasteiger partial charge is 0.304 e. The molecular formula is C12H24N2O5S. The maximum atomic E-state index is 12.3. The van der Waals surface area contributed by atoms with E-state index in [0.29, 0.717) is 0 Å². The Labute approximate surface area is 120 Å². The Bertz CT molecular complexity index is 427. The second-order valence-electron chi connectivity index (χ2n) is 5.65. The van der Waals surface area contributed by atoms with E-state index in [1.54, 1.807) is 13.8 Å². The topological polar surface area (TPSA) is 95.9 Å². The van der Waals surface area contributed by atoms with Crippen molar-refractivity contribution in [1.29, 1.82) is 0 Å². The van der Waals surface area contributed by atoms with Crippen molar-refractivity contribution in [2.45, 2.75) is 52.4 Å². The van der Waals surface area contributed by atoms with E-state index in [2.05, 4.69) is 4.72 Å². The first-order valence-corrected chi connectivity index (χ1v) is 8.20. The third-order valence-electron chi connectivity index (χ3n) is 3.23. The van der Waals surface area contributed by atoms with Crippen LogP contribution in [0.15, 0.2) is 0 Å². The molecule has 1 aliphatic rings. The van der Waals surface area contributed by atoms with Gasteiger partial charge in [-0.05, 0) is 19.8 Å². The lowest BCUT2D eigenvalue weighted by atomic mass is 10.0. The van der Waals surface area contributed by atoms with Gasteiger partial charge in [0, 0.05) is 19.1 Å². The first-order valence-electron chi connectivity index (χ1n) is 6.76. The van der Waals surface area contributed by atoms with Crippen LogP contribution in [0.5, 0.6) is 0 Å². The van der Waals surface area contributed by atoms with Crippen LogP contribution in [0.25, 0.3) is 0 Å². The quantitative estimate of drug-likeness (QED) is 0.742. The van der Waals surface area contributed by atoms with E-state index in [9.17, 15) is 13.2 Å². The maximum absolute atomic E-state index is 12.3. The van der Waals surface area contributed by atoms with Crippen molar-refractivity contribution < 1.29 is 23.1 Å². The van der Waals surface area contributed by atoms with Crippen LogP contribution in [-0.4, -0.2) is 55.1 Å². The van der Waals surface area contributed by atoms with E-state index in [1.807, 2.05) is 13.8 Å². The van der Waals surface area contributed by atoms with Gasteiger partial charge in [0.1, 0.15) is 0 Å². The molecule has 1 heterocycles. The zero-order valence-corrected chi connectivity index (χ0v) is 13.2. The number of nitrogens with zero attached hydrogens (tertiary/aromatic N) is 1. The highest BCUT2D eigenvalue weighted by Gasteiger charge is 2.33. The summed E-state index contributed by atoms with van der Waals surface area (Å²) < 4.78 is 34.0. The van der Waals surface area contributed by atoms with Crippen molar-refractivity contribution in [3.8, 4) is 0 Å². The van der Waals surface area contributed by atoms with Crippen LogP contribution < -0.4 is 4.72 Å². The summed E-state index contributed by atoms with van der Waals surface area (Å²) in [6.07, 6.45) is -0.577. The van der Waals surface area contributed by atoms with Gasteiger partial charge in [-0.25, -0.2) is 0 Å². The first kappa shape index (κ1) is 17.4. The lowest BCUT2D eigenvalue weighted by Gasteiger charge is -2.35. The van der Waals surface area contributed by atoms with E-state index in [1.165, 1.54) is 4.31 Å². The minimum absolute atomic E-state index is 0.100. The van der Waals surface area contributed by atoms with Crippen molar-refractivity contribution in [3.63, 3.8) is 0 Å². The van der Waals surface area contributed by atoms with Gasteiger partial charge in [-0.15, -0.1) is 0 Å². The Morgan fingerprint density at radius 2 is 1.85 bits per heavy atom. The number of morpholine rings is 1. The molecule has 20 heavy (non-hydrogen) atoms. The third-order valence-corrected chi connectivity index (χ3v) is 4.80. The lowest BCUT2D eigenvalue weighted by Crippen LogP contribution is -2.54. The molecule has 8 heteroatoms. The van der Waals surface area contributed by atoms with Crippen LogP contribution >= 0.6 is 0 Å². The molecule has 0 aromatic carbocycles. The summed E-state index contributed by atoms with van der Waals surface area (Å²) in [7, 11) is -3.70. The fraction of sp³-hybridized carbons (Fsp3) is 0.917. The van der Waals surface area contributed by atoms with Crippen LogP contribution in [0.3, 0.4) is 0 Å². The van der Waals surface area contributed by atoms with Gasteiger partial charge in [-0.2, -0.15) is 17.4 Å². The molecule has 0 radical (unpaired) electrons. The molecular weight excluding hydrogens is 284 g/mol. The molecule has 0 aromatic rings. The second kappa shape index (κ2) is 6.84. The summed E-state index contributed by atoms with van der Waals surface area (Å²) in [6.45, 7) is 7.77. The number of ether oxygens (including phenoxy) is 1. The number of carboxylic acids is 1. The molecule has 0 saturated carbocycles. The maximum Gasteiger partial charge on any atom is 0.304 e. The van der Waals surface area contributed by atoms with Gasteiger partial charge < -0.3 is 9.84 Å². The fourth-order valence-corrected chi connectivity index (χ4v) is 3.89. The second-order valence-corrected chi connectivity index (χ2v) is 7.35. The summed E-state index contributed by atoms with van der Waals surface area (Å²) in [6, 6.07) is -0.619. The first-order chi connectivity index (χ1) is 9.11. The molecule has 1 aliphatic heterocycles. The molecule has 0 amide bonds. The zero-order valence-electron chi connectivity index (χ0n) is 12.4. The van der Waals surface area contributed by atoms with Crippen LogP contribution in [-0.2, 0) is 19.7 Å². The number of carboxylic acid groups (broad SMARTS) is 1. The SMILES string of the molecule is CC1CN(S(=O)(=O)NC(CC(=O)O)C(C)C)CC(C)O1. The van der Waals surface area contributed by atoms with E-state index < -0.39 is 22.2 Å². The van der Waals surface area contributed by atoms with E-state index >= 15 is 0 Å². The molecule has 118 valence electrons. The van der Waals surface area contributed by atoms with E-state index in [4.69, 9.17) is 9.84 Å². The van der Waals surface area contributed by atoms with Crippen molar-refractivity contribution in [2.24, 2.45) is 5.92 Å². The molecule has 0 aliphatic carbocycles. The molecule has 0 spiro atoms. The standard InChI is InChI=1S/C12H24N2O5S/c1-8(2)11(5-12(15)16)13-20(17,18)14-6-9(3)19-10(4)7-14/h8-11,13H,5-7H2,1-4H3,(H,15,16). The molecule has 1 fully saturated rings. The molecule has 2 N–H and O–H groups in total. The highest BCUT2D eigenvalue weighted by molar-refractivity contribution is 7.87. The normalized spacial score (nSPS) is 26.6. The summed E-state index contributed by atoms with van der Waals surface area (Å²) in [4.78, 5) is 10.8. The molecule has 0 bridgehead atoms. The van der Waals surface area contributed by atoms with Crippen molar-refractivity contribution >= 4 is 16.2 Å². The minimum Gasteiger partial charge on any atom is -0.481 e. The molecule has 1 saturated heterocycles. The average Bonchev–Trinajstić information content (AvgIpc) is 2.25. The van der Waals surface area contributed by atoms with Gasteiger partial charge in [-0.1, -0.05) is 13.8 Å². The van der Waals surface area contributed by atoms with Crippen LogP contribution in [0, 0.1) is 5.92 Å². The Balaban J connectivity index is 2.78. The Kier molecular flexibility index (Phi) is 5.93. The average molecular weight is 308 g/mol. The molecule has 1 rings (SSSR count). The predicted octanol–water partition coefficient (Wildman–Crippen LogP) is 0.429. The van der Waals surface area contributed by atoms with Gasteiger partial charge >= 0.3 is 5.97 Å². The number of rotatable bonds is 6. The number of hydrogen-bond acceptors (Lipinski definition) is 4. The highest BCUT2D eigenvalue weighted by Crippen LogP contribution is 2.16. The van der Waals surface area contributed by atoms with Gasteiger partial charge in [0.25, 0.3) is 10.2 Å². The monoisotopic (exact) mass is 308 g/mol. The summed E-state index contributed by atoms with van der Waals surface area (Å²) >= 11 is 0. The van der Waals surface area contributed by atoms with Gasteiger partial charge in [0.2, 0.25) is 0 Å². The summed E-state index contributed by atoms with van der Waals surface area (Å²) in [5.74, 6) is -1.12. The minimum atomic E-state index is -3.70. The lowest BCUT2D eigenvalue weighted by molar-refractivity contribution is -0.137. The van der Waals surface area contributed by atoms with Gasteiger partial charge in [0.05, 0.1) is 18.6 Å². The molecule has 3 unspecified atom stereocenters. The fourth-order valence-electron chi connectivity index (χ4n) is 2.19. The molecule has 7 nitrogen and oxygen atoms in total. The van der Waals surface area contributed by atoms with Crippen molar-refractivity contribution in [3.05, 3.63) is 0 Å². The van der Waals surface area contributed by atoms with Crippen LogP contribution in [0.1, 0.15) is 34.1 Å². The Hall–Kier alpha value is -0.700. The van der Waals surface area contributed by atoms with Gasteiger partial charge in [0.15, 0.2) is 0 Å². The number of carbonyl (C=O) groups is 1.